The fourth-order valence-corrected chi connectivity index (χ4v) is 4.67. The molecule has 0 radical (unpaired) electrons. The van der Waals surface area contributed by atoms with Crippen molar-refractivity contribution >= 4 is 15.9 Å². The van der Waals surface area contributed by atoms with Gasteiger partial charge in [0.05, 0.1) is 30.4 Å². The number of nitrogens with one attached hydrogen (secondary N) is 1. The number of ether oxygens (including phenoxy) is 1. The number of carbonyl (C=O) groups is 1. The van der Waals surface area contributed by atoms with Crippen LogP contribution in [0.25, 0.3) is 0 Å². The van der Waals surface area contributed by atoms with E-state index in [9.17, 15) is 13.2 Å². The second-order valence-electron chi connectivity index (χ2n) is 6.89. The molecule has 1 aliphatic heterocycles. The number of benzene rings is 1. The van der Waals surface area contributed by atoms with Crippen molar-refractivity contribution < 1.29 is 22.4 Å². The summed E-state index contributed by atoms with van der Waals surface area (Å²) in [6, 6.07) is 9.84. The minimum atomic E-state index is -3.56. The van der Waals surface area contributed by atoms with E-state index in [2.05, 4.69) is 5.32 Å². The normalized spacial score (nSPS) is 17.0. The summed E-state index contributed by atoms with van der Waals surface area (Å²) in [7, 11) is -3.56. The second-order valence-corrected chi connectivity index (χ2v) is 8.83. The number of furan rings is 1. The molecule has 0 aliphatic carbocycles. The van der Waals surface area contributed by atoms with E-state index in [1.54, 1.807) is 36.6 Å². The largest absolute Gasteiger partial charge is 0.494 e. The van der Waals surface area contributed by atoms with Crippen LogP contribution in [0.5, 0.6) is 5.75 Å². The van der Waals surface area contributed by atoms with Crippen LogP contribution in [0.3, 0.4) is 0 Å². The highest BCUT2D eigenvalue weighted by Gasteiger charge is 2.29. The summed E-state index contributed by atoms with van der Waals surface area (Å²) in [6.45, 7) is 6.18. The van der Waals surface area contributed by atoms with Crippen LogP contribution >= 0.6 is 0 Å². The van der Waals surface area contributed by atoms with Crippen molar-refractivity contribution in [2.45, 2.75) is 24.8 Å². The molecule has 0 unspecified atom stereocenters. The number of piperazine rings is 1. The topological polar surface area (TPSA) is 92.1 Å². The van der Waals surface area contributed by atoms with Gasteiger partial charge in [-0.1, -0.05) is 0 Å². The Kier molecular flexibility index (Phi) is 6.94. The third-order valence-electron chi connectivity index (χ3n) is 4.82. The van der Waals surface area contributed by atoms with Crippen LogP contribution in [0.1, 0.15) is 25.6 Å². The molecule has 1 aromatic carbocycles. The third kappa shape index (κ3) is 5.37. The zero-order valence-corrected chi connectivity index (χ0v) is 17.5. The van der Waals surface area contributed by atoms with E-state index in [1.807, 2.05) is 24.8 Å². The first-order valence-corrected chi connectivity index (χ1v) is 11.1. The molecule has 1 aliphatic rings. The highest BCUT2D eigenvalue weighted by molar-refractivity contribution is 7.89. The number of amides is 1. The Morgan fingerprint density at radius 2 is 1.86 bits per heavy atom. The van der Waals surface area contributed by atoms with Gasteiger partial charge in [-0.05, 0) is 50.2 Å². The Bertz CT molecular complexity index is 889. The molecule has 1 amide bonds. The molecule has 1 fully saturated rings. The second kappa shape index (κ2) is 9.43. The number of hydrogen-bond acceptors (Lipinski definition) is 6. The Morgan fingerprint density at radius 3 is 2.45 bits per heavy atom. The van der Waals surface area contributed by atoms with Crippen LogP contribution in [0.2, 0.25) is 0 Å². The lowest BCUT2D eigenvalue weighted by molar-refractivity contribution is -0.123. The van der Waals surface area contributed by atoms with E-state index in [0.29, 0.717) is 44.3 Å². The molecular formula is C20H27N3O5S. The molecule has 9 heteroatoms. The molecule has 2 heterocycles. The molecule has 1 atom stereocenters. The van der Waals surface area contributed by atoms with Crippen molar-refractivity contribution in [3.8, 4) is 5.75 Å². The van der Waals surface area contributed by atoms with Gasteiger partial charge in [-0.25, -0.2) is 8.42 Å². The van der Waals surface area contributed by atoms with E-state index in [4.69, 9.17) is 9.15 Å². The van der Waals surface area contributed by atoms with Crippen molar-refractivity contribution in [1.82, 2.24) is 14.5 Å². The lowest BCUT2D eigenvalue weighted by Gasteiger charge is -2.33. The van der Waals surface area contributed by atoms with Crippen LogP contribution in [0.15, 0.2) is 52.0 Å². The van der Waals surface area contributed by atoms with Crippen molar-refractivity contribution in [2.75, 3.05) is 39.3 Å². The molecule has 1 aromatic heterocycles. The molecule has 2 aromatic rings. The van der Waals surface area contributed by atoms with Gasteiger partial charge in [0.2, 0.25) is 15.9 Å². The lowest BCUT2D eigenvalue weighted by atomic mass is 10.2. The first kappa shape index (κ1) is 21.4. The van der Waals surface area contributed by atoms with Gasteiger partial charge >= 0.3 is 0 Å². The molecule has 1 saturated heterocycles. The Morgan fingerprint density at radius 1 is 1.17 bits per heavy atom. The van der Waals surface area contributed by atoms with Gasteiger partial charge in [-0.3, -0.25) is 9.69 Å². The first-order valence-electron chi connectivity index (χ1n) is 9.68. The smallest absolute Gasteiger partial charge is 0.243 e. The average molecular weight is 422 g/mol. The van der Waals surface area contributed by atoms with Crippen molar-refractivity contribution in [3.63, 3.8) is 0 Å². The maximum absolute atomic E-state index is 12.8. The molecule has 0 saturated carbocycles. The summed E-state index contributed by atoms with van der Waals surface area (Å²) < 4.78 is 37.8. The summed E-state index contributed by atoms with van der Waals surface area (Å²) >= 11 is 0. The van der Waals surface area contributed by atoms with E-state index in [0.717, 1.165) is 0 Å². The Hall–Kier alpha value is -2.36. The molecule has 29 heavy (non-hydrogen) atoms. The fourth-order valence-electron chi connectivity index (χ4n) is 3.25. The number of hydrogen-bond donors (Lipinski definition) is 1. The zero-order valence-electron chi connectivity index (χ0n) is 16.7. The number of sulfonamides is 1. The summed E-state index contributed by atoms with van der Waals surface area (Å²) in [5, 5.41) is 2.89. The first-order chi connectivity index (χ1) is 13.9. The fraction of sp³-hybridized carbons (Fsp3) is 0.450. The third-order valence-corrected chi connectivity index (χ3v) is 6.73. The van der Waals surface area contributed by atoms with Crippen molar-refractivity contribution in [3.05, 3.63) is 48.4 Å². The van der Waals surface area contributed by atoms with E-state index in [-0.39, 0.29) is 23.4 Å². The van der Waals surface area contributed by atoms with Crippen LogP contribution in [-0.4, -0.2) is 62.9 Å². The Balaban J connectivity index is 1.51. The zero-order chi connectivity index (χ0) is 20.9. The summed E-state index contributed by atoms with van der Waals surface area (Å²) in [4.78, 5) is 14.5. The number of carbonyl (C=O) groups excluding carboxylic acids is 1. The SMILES string of the molecule is CCOc1ccc(S(=O)(=O)N2CCN(CC(=O)N[C@@H](C)c3ccco3)CC2)cc1. The van der Waals surface area contributed by atoms with Crippen molar-refractivity contribution in [2.24, 2.45) is 0 Å². The summed E-state index contributed by atoms with van der Waals surface area (Å²) in [6.07, 6.45) is 1.57. The quantitative estimate of drug-likeness (QED) is 0.700. The molecule has 3 rings (SSSR count). The van der Waals surface area contributed by atoms with Gasteiger partial charge in [0.15, 0.2) is 0 Å². The molecule has 0 spiro atoms. The van der Waals surface area contributed by atoms with Gasteiger partial charge in [-0.2, -0.15) is 4.31 Å². The van der Waals surface area contributed by atoms with Gasteiger partial charge < -0.3 is 14.5 Å². The molecular weight excluding hydrogens is 394 g/mol. The predicted octanol–water partition coefficient (Wildman–Crippen LogP) is 1.86. The highest BCUT2D eigenvalue weighted by Crippen LogP contribution is 2.21. The lowest BCUT2D eigenvalue weighted by Crippen LogP contribution is -2.51. The maximum Gasteiger partial charge on any atom is 0.243 e. The van der Waals surface area contributed by atoms with Gasteiger partial charge in [0, 0.05) is 26.2 Å². The van der Waals surface area contributed by atoms with E-state index in [1.165, 1.54) is 4.31 Å². The minimum Gasteiger partial charge on any atom is -0.494 e. The van der Waals surface area contributed by atoms with Gasteiger partial charge in [-0.15, -0.1) is 0 Å². The maximum atomic E-state index is 12.8. The molecule has 158 valence electrons. The summed E-state index contributed by atoms with van der Waals surface area (Å²) in [5.74, 6) is 1.23. The molecule has 1 N–H and O–H groups in total. The monoisotopic (exact) mass is 421 g/mol. The van der Waals surface area contributed by atoms with Crippen LogP contribution in [-0.2, 0) is 14.8 Å². The number of nitrogens with zero attached hydrogens (tertiary/aromatic N) is 2. The minimum absolute atomic E-state index is 0.114. The predicted molar refractivity (Wildman–Crippen MR) is 108 cm³/mol. The Labute approximate surface area is 171 Å². The van der Waals surface area contributed by atoms with Gasteiger partial charge in [0.25, 0.3) is 0 Å². The van der Waals surface area contributed by atoms with Crippen LogP contribution in [0.4, 0.5) is 0 Å². The van der Waals surface area contributed by atoms with Crippen molar-refractivity contribution in [1.29, 1.82) is 0 Å². The van der Waals surface area contributed by atoms with E-state index >= 15 is 0 Å². The van der Waals surface area contributed by atoms with Crippen LogP contribution < -0.4 is 10.1 Å². The average Bonchev–Trinajstić information content (AvgIpc) is 3.24. The number of rotatable bonds is 8. The van der Waals surface area contributed by atoms with E-state index < -0.39 is 10.0 Å². The highest BCUT2D eigenvalue weighted by atomic mass is 32.2. The summed E-state index contributed by atoms with van der Waals surface area (Å²) in [5.41, 5.74) is 0. The molecule has 0 bridgehead atoms. The van der Waals surface area contributed by atoms with Crippen LogP contribution in [0, 0.1) is 0 Å². The van der Waals surface area contributed by atoms with Gasteiger partial charge in [0.1, 0.15) is 11.5 Å². The standard InChI is InChI=1S/C20H27N3O5S/c1-3-27-17-6-8-18(9-7-17)29(25,26)23-12-10-22(11-13-23)15-20(24)21-16(2)19-5-4-14-28-19/h4-9,14,16H,3,10-13,15H2,1-2H3,(H,21,24)/t16-/m0/s1. The molecule has 8 nitrogen and oxygen atoms in total.